The van der Waals surface area contributed by atoms with Gasteiger partial charge in [0.15, 0.2) is 0 Å². The molecule has 7 heteroatoms. The SMILES string of the molecule is CCCOc1cc([N+](=O)[O-])c(N)cc1C(=O)OCC. The van der Waals surface area contributed by atoms with Gasteiger partial charge in [-0.2, -0.15) is 0 Å². The average Bonchev–Trinajstić information content (AvgIpc) is 2.36. The molecule has 0 saturated heterocycles. The number of nitrogens with zero attached hydrogens (tertiary/aromatic N) is 1. The fourth-order valence-corrected chi connectivity index (χ4v) is 1.44. The van der Waals surface area contributed by atoms with E-state index in [0.29, 0.717) is 13.0 Å². The Bertz CT molecular complexity index is 487. The number of nitro groups is 1. The van der Waals surface area contributed by atoms with Crippen molar-refractivity contribution in [2.24, 2.45) is 0 Å². The lowest BCUT2D eigenvalue weighted by atomic mass is 10.1. The molecule has 0 heterocycles. The molecule has 0 unspecified atom stereocenters. The fourth-order valence-electron chi connectivity index (χ4n) is 1.44. The van der Waals surface area contributed by atoms with E-state index in [2.05, 4.69) is 0 Å². The van der Waals surface area contributed by atoms with E-state index in [1.54, 1.807) is 6.92 Å². The van der Waals surface area contributed by atoms with Crippen molar-refractivity contribution < 1.29 is 19.2 Å². The van der Waals surface area contributed by atoms with Gasteiger partial charge in [-0.15, -0.1) is 0 Å². The minimum atomic E-state index is -0.622. The zero-order valence-electron chi connectivity index (χ0n) is 10.8. The van der Waals surface area contributed by atoms with Crippen LogP contribution in [-0.2, 0) is 4.74 Å². The van der Waals surface area contributed by atoms with Gasteiger partial charge in [0.2, 0.25) is 0 Å². The van der Waals surface area contributed by atoms with Gasteiger partial charge in [-0.05, 0) is 19.4 Å². The summed E-state index contributed by atoms with van der Waals surface area (Å²) in [6.07, 6.45) is 0.709. The van der Waals surface area contributed by atoms with Crippen LogP contribution in [0.3, 0.4) is 0 Å². The van der Waals surface area contributed by atoms with Crippen LogP contribution < -0.4 is 10.5 Å². The third-order valence-corrected chi connectivity index (χ3v) is 2.28. The van der Waals surface area contributed by atoms with Crippen molar-refractivity contribution in [3.8, 4) is 5.75 Å². The fraction of sp³-hybridized carbons (Fsp3) is 0.417. The molecule has 0 aliphatic rings. The largest absolute Gasteiger partial charge is 0.492 e. The van der Waals surface area contributed by atoms with Crippen molar-refractivity contribution >= 4 is 17.3 Å². The highest BCUT2D eigenvalue weighted by Crippen LogP contribution is 2.31. The second kappa shape index (κ2) is 6.58. The van der Waals surface area contributed by atoms with Crippen LogP contribution in [0.1, 0.15) is 30.6 Å². The van der Waals surface area contributed by atoms with Crippen molar-refractivity contribution in [1.82, 2.24) is 0 Å². The standard InChI is InChI=1S/C12H16N2O5/c1-3-5-19-11-7-10(14(16)17)9(13)6-8(11)12(15)18-4-2/h6-7H,3-5,13H2,1-2H3. The van der Waals surface area contributed by atoms with Gasteiger partial charge in [0, 0.05) is 0 Å². The van der Waals surface area contributed by atoms with Gasteiger partial charge in [0.05, 0.1) is 24.2 Å². The van der Waals surface area contributed by atoms with Gasteiger partial charge in [0.1, 0.15) is 17.0 Å². The van der Waals surface area contributed by atoms with Gasteiger partial charge in [-0.25, -0.2) is 4.79 Å². The lowest BCUT2D eigenvalue weighted by molar-refractivity contribution is -0.384. The van der Waals surface area contributed by atoms with E-state index in [-0.39, 0.29) is 29.3 Å². The van der Waals surface area contributed by atoms with Gasteiger partial charge in [0.25, 0.3) is 5.69 Å². The molecule has 0 fully saturated rings. The third-order valence-electron chi connectivity index (χ3n) is 2.28. The van der Waals surface area contributed by atoms with Crippen LogP contribution in [-0.4, -0.2) is 24.1 Å². The summed E-state index contributed by atoms with van der Waals surface area (Å²) in [6.45, 7) is 4.09. The Hall–Kier alpha value is -2.31. The molecule has 0 aromatic heterocycles. The molecule has 0 spiro atoms. The number of ether oxygens (including phenoxy) is 2. The molecule has 0 amide bonds. The first-order valence-corrected chi connectivity index (χ1v) is 5.89. The van der Waals surface area contributed by atoms with Crippen molar-refractivity contribution in [3.63, 3.8) is 0 Å². The Morgan fingerprint density at radius 1 is 1.42 bits per heavy atom. The van der Waals surface area contributed by atoms with Crippen LogP contribution >= 0.6 is 0 Å². The van der Waals surface area contributed by atoms with E-state index in [9.17, 15) is 14.9 Å². The van der Waals surface area contributed by atoms with Crippen LogP contribution in [0.5, 0.6) is 5.75 Å². The molecule has 1 aromatic rings. The van der Waals surface area contributed by atoms with Crippen LogP contribution in [0, 0.1) is 10.1 Å². The highest BCUT2D eigenvalue weighted by molar-refractivity contribution is 5.94. The Labute approximate surface area is 110 Å². The number of rotatable bonds is 6. The van der Waals surface area contributed by atoms with Crippen molar-refractivity contribution in [3.05, 3.63) is 27.8 Å². The topological polar surface area (TPSA) is 105 Å². The number of carbonyl (C=O) groups excluding carboxylic acids is 1. The minimum absolute atomic E-state index is 0.0957. The molecule has 0 bridgehead atoms. The number of nitro benzene ring substituents is 1. The molecule has 0 aliphatic heterocycles. The molecule has 104 valence electrons. The van der Waals surface area contributed by atoms with E-state index in [1.165, 1.54) is 6.07 Å². The van der Waals surface area contributed by atoms with Crippen LogP contribution in [0.4, 0.5) is 11.4 Å². The summed E-state index contributed by atoms with van der Waals surface area (Å²) in [7, 11) is 0. The maximum Gasteiger partial charge on any atom is 0.341 e. The zero-order valence-corrected chi connectivity index (χ0v) is 10.8. The van der Waals surface area contributed by atoms with E-state index in [1.807, 2.05) is 6.92 Å². The predicted octanol–water partition coefficient (Wildman–Crippen LogP) is 2.14. The lowest BCUT2D eigenvalue weighted by Crippen LogP contribution is -2.10. The summed E-state index contributed by atoms with van der Waals surface area (Å²) in [5, 5.41) is 10.8. The Morgan fingerprint density at radius 2 is 2.11 bits per heavy atom. The number of carbonyl (C=O) groups is 1. The minimum Gasteiger partial charge on any atom is -0.492 e. The molecule has 1 rings (SSSR count). The number of nitrogen functional groups attached to an aromatic ring is 1. The summed E-state index contributed by atoms with van der Waals surface area (Å²) >= 11 is 0. The summed E-state index contributed by atoms with van der Waals surface area (Å²) in [5.41, 5.74) is 5.25. The monoisotopic (exact) mass is 268 g/mol. The lowest BCUT2D eigenvalue weighted by Gasteiger charge is -2.11. The number of hydrogen-bond acceptors (Lipinski definition) is 6. The Morgan fingerprint density at radius 3 is 2.63 bits per heavy atom. The van der Waals surface area contributed by atoms with Crippen molar-refractivity contribution in [2.75, 3.05) is 18.9 Å². The molecule has 2 N–H and O–H groups in total. The molecule has 0 aliphatic carbocycles. The molecule has 0 saturated carbocycles. The first-order chi connectivity index (χ1) is 9.01. The second-order valence-electron chi connectivity index (χ2n) is 3.73. The van der Waals surface area contributed by atoms with E-state index >= 15 is 0 Å². The Balaban J connectivity index is 3.23. The van der Waals surface area contributed by atoms with Gasteiger partial charge in [-0.1, -0.05) is 6.92 Å². The van der Waals surface area contributed by atoms with Gasteiger partial charge in [-0.3, -0.25) is 10.1 Å². The number of benzene rings is 1. The maximum atomic E-state index is 11.7. The van der Waals surface area contributed by atoms with Crippen LogP contribution in [0.25, 0.3) is 0 Å². The summed E-state index contributed by atoms with van der Waals surface area (Å²) < 4.78 is 10.2. The van der Waals surface area contributed by atoms with Crippen molar-refractivity contribution in [1.29, 1.82) is 0 Å². The smallest absolute Gasteiger partial charge is 0.341 e. The molecule has 19 heavy (non-hydrogen) atoms. The number of anilines is 1. The average molecular weight is 268 g/mol. The van der Waals surface area contributed by atoms with Gasteiger partial charge < -0.3 is 15.2 Å². The van der Waals surface area contributed by atoms with E-state index in [0.717, 1.165) is 6.07 Å². The molecule has 1 aromatic carbocycles. The van der Waals surface area contributed by atoms with Crippen molar-refractivity contribution in [2.45, 2.75) is 20.3 Å². The Kier molecular flexibility index (Phi) is 5.11. The third kappa shape index (κ3) is 3.57. The van der Waals surface area contributed by atoms with Crippen LogP contribution in [0.15, 0.2) is 12.1 Å². The highest BCUT2D eigenvalue weighted by atomic mass is 16.6. The second-order valence-corrected chi connectivity index (χ2v) is 3.73. The predicted molar refractivity (Wildman–Crippen MR) is 69.3 cm³/mol. The molecular formula is C12H16N2O5. The van der Waals surface area contributed by atoms with Crippen LogP contribution in [0.2, 0.25) is 0 Å². The summed E-state index contributed by atoms with van der Waals surface area (Å²) in [5.74, 6) is -0.503. The summed E-state index contributed by atoms with van der Waals surface area (Å²) in [4.78, 5) is 21.9. The summed E-state index contributed by atoms with van der Waals surface area (Å²) in [6, 6.07) is 2.36. The zero-order chi connectivity index (χ0) is 14.4. The molecule has 7 nitrogen and oxygen atoms in total. The van der Waals surface area contributed by atoms with E-state index in [4.69, 9.17) is 15.2 Å². The highest BCUT2D eigenvalue weighted by Gasteiger charge is 2.21. The van der Waals surface area contributed by atoms with E-state index < -0.39 is 10.9 Å². The first-order valence-electron chi connectivity index (χ1n) is 5.89. The normalized spacial score (nSPS) is 10.0. The molecule has 0 atom stereocenters. The quantitative estimate of drug-likeness (QED) is 0.367. The maximum absolute atomic E-state index is 11.7. The number of hydrogen-bond donors (Lipinski definition) is 1. The molecule has 0 radical (unpaired) electrons. The van der Waals surface area contributed by atoms with Gasteiger partial charge >= 0.3 is 5.97 Å². The molecular weight excluding hydrogens is 252 g/mol. The first kappa shape index (κ1) is 14.7. The number of nitrogens with two attached hydrogens (primary N) is 1. The number of esters is 1.